The number of carbonyl (C=O) groups is 2. The third-order valence-corrected chi connectivity index (χ3v) is 5.97. The molecule has 0 atom stereocenters. The second-order valence-corrected chi connectivity index (χ2v) is 8.77. The van der Waals surface area contributed by atoms with Gasteiger partial charge >= 0.3 is 0 Å². The normalized spacial score (nSPS) is 11.4. The molecule has 180 valence electrons. The Labute approximate surface area is 207 Å². The number of benzene rings is 2. The number of aromatic amines is 1. The molecule has 2 aromatic carbocycles. The summed E-state index contributed by atoms with van der Waals surface area (Å²) >= 11 is 0. The average Bonchev–Trinajstić information content (AvgIpc) is 3.56. The summed E-state index contributed by atoms with van der Waals surface area (Å²) in [7, 11) is 3.64. The maximum absolute atomic E-state index is 13.3. The van der Waals surface area contributed by atoms with Gasteiger partial charge in [0.1, 0.15) is 5.69 Å². The van der Waals surface area contributed by atoms with Crippen LogP contribution >= 0.6 is 0 Å². The van der Waals surface area contributed by atoms with Crippen LogP contribution in [-0.4, -0.2) is 41.2 Å². The second-order valence-electron chi connectivity index (χ2n) is 8.77. The molecule has 3 aromatic heterocycles. The van der Waals surface area contributed by atoms with Crippen LogP contribution in [0.4, 0.5) is 5.69 Å². The first-order chi connectivity index (χ1) is 17.3. The van der Waals surface area contributed by atoms with Crippen LogP contribution in [0.3, 0.4) is 0 Å². The maximum Gasteiger partial charge on any atom is 0.273 e. The van der Waals surface area contributed by atoms with Crippen LogP contribution in [0, 0.1) is 13.8 Å². The number of ketones is 1. The Bertz CT molecular complexity index is 1650. The van der Waals surface area contributed by atoms with Crippen LogP contribution in [0.1, 0.15) is 49.1 Å². The topological polar surface area (TPSA) is 110 Å². The van der Waals surface area contributed by atoms with Gasteiger partial charge < -0.3 is 9.88 Å². The lowest BCUT2D eigenvalue weighted by atomic mass is 9.99. The minimum atomic E-state index is -0.282. The number of H-pyrrole nitrogens is 1. The second kappa shape index (κ2) is 9.10. The zero-order chi connectivity index (χ0) is 25.4. The van der Waals surface area contributed by atoms with E-state index in [2.05, 4.69) is 25.6 Å². The van der Waals surface area contributed by atoms with Crippen molar-refractivity contribution in [3.63, 3.8) is 0 Å². The summed E-state index contributed by atoms with van der Waals surface area (Å²) in [6.07, 6.45) is 7.44. The van der Waals surface area contributed by atoms with E-state index in [-0.39, 0.29) is 11.7 Å². The van der Waals surface area contributed by atoms with E-state index >= 15 is 0 Å². The molecule has 0 spiro atoms. The number of fused-ring (bicyclic) bond motifs is 1. The van der Waals surface area contributed by atoms with Gasteiger partial charge in [0.15, 0.2) is 5.78 Å². The fraction of sp³-hybridized carbons (Fsp3) is 0.148. The van der Waals surface area contributed by atoms with E-state index in [1.165, 1.54) is 4.68 Å². The number of nitrogens with zero attached hydrogens (tertiary/aromatic N) is 5. The van der Waals surface area contributed by atoms with Gasteiger partial charge in [0.05, 0.1) is 28.9 Å². The predicted octanol–water partition coefficient (Wildman–Crippen LogP) is 4.30. The van der Waals surface area contributed by atoms with Crippen LogP contribution in [0.25, 0.3) is 23.1 Å². The van der Waals surface area contributed by atoms with Crippen LogP contribution in [-0.2, 0) is 14.1 Å². The molecule has 9 heteroatoms. The lowest BCUT2D eigenvalue weighted by molar-refractivity contribution is 0.101. The lowest BCUT2D eigenvalue weighted by Crippen LogP contribution is -2.17. The highest BCUT2D eigenvalue weighted by molar-refractivity contribution is 6.12. The predicted molar refractivity (Wildman–Crippen MR) is 139 cm³/mol. The number of imidazole rings is 1. The van der Waals surface area contributed by atoms with Crippen molar-refractivity contribution in [3.05, 3.63) is 94.5 Å². The Morgan fingerprint density at radius 3 is 2.50 bits per heavy atom. The third-order valence-electron chi connectivity index (χ3n) is 5.97. The largest absolute Gasteiger partial charge is 0.340 e. The van der Waals surface area contributed by atoms with Crippen molar-refractivity contribution in [3.8, 4) is 0 Å². The zero-order valence-electron chi connectivity index (χ0n) is 20.4. The molecule has 0 bridgehead atoms. The van der Waals surface area contributed by atoms with Crippen molar-refractivity contribution in [2.24, 2.45) is 14.1 Å². The number of anilines is 1. The third kappa shape index (κ3) is 4.46. The first-order valence-electron chi connectivity index (χ1n) is 11.4. The molecule has 0 radical (unpaired) electrons. The molecular formula is C27H25N7O2. The number of rotatable bonds is 6. The van der Waals surface area contributed by atoms with Crippen LogP contribution in [0.5, 0.6) is 0 Å². The molecule has 1 amide bonds. The van der Waals surface area contributed by atoms with E-state index in [4.69, 9.17) is 0 Å². The fourth-order valence-electron chi connectivity index (χ4n) is 4.07. The van der Waals surface area contributed by atoms with Gasteiger partial charge in [-0.05, 0) is 55.8 Å². The van der Waals surface area contributed by atoms with Crippen molar-refractivity contribution < 1.29 is 9.59 Å². The number of carbonyl (C=O) groups excluding carboxylic acids is 2. The summed E-state index contributed by atoms with van der Waals surface area (Å²) in [6.45, 7) is 3.71. The number of aryl methyl sites for hydroxylation is 4. The van der Waals surface area contributed by atoms with E-state index in [0.717, 1.165) is 33.5 Å². The van der Waals surface area contributed by atoms with Crippen LogP contribution in [0.2, 0.25) is 0 Å². The summed E-state index contributed by atoms with van der Waals surface area (Å²) in [4.78, 5) is 30.4. The van der Waals surface area contributed by atoms with Gasteiger partial charge in [0.2, 0.25) is 0 Å². The highest BCUT2D eigenvalue weighted by Gasteiger charge is 2.16. The van der Waals surface area contributed by atoms with Gasteiger partial charge in [-0.2, -0.15) is 10.2 Å². The maximum atomic E-state index is 13.3. The van der Waals surface area contributed by atoms with Gasteiger partial charge in [0.25, 0.3) is 5.91 Å². The smallest absolute Gasteiger partial charge is 0.273 e. The molecule has 36 heavy (non-hydrogen) atoms. The Kier molecular flexibility index (Phi) is 5.81. The van der Waals surface area contributed by atoms with E-state index in [1.54, 1.807) is 43.7 Å². The van der Waals surface area contributed by atoms with Crippen molar-refractivity contribution in [1.82, 2.24) is 29.5 Å². The Morgan fingerprint density at radius 2 is 1.78 bits per heavy atom. The first-order valence-corrected chi connectivity index (χ1v) is 11.4. The zero-order valence-corrected chi connectivity index (χ0v) is 20.4. The quantitative estimate of drug-likeness (QED) is 0.353. The molecule has 0 saturated heterocycles. The van der Waals surface area contributed by atoms with E-state index in [9.17, 15) is 9.59 Å². The number of aromatic nitrogens is 6. The number of hydrogen-bond acceptors (Lipinski definition) is 5. The molecule has 0 unspecified atom stereocenters. The molecule has 0 saturated carbocycles. The summed E-state index contributed by atoms with van der Waals surface area (Å²) in [6, 6.07) is 12.5. The summed E-state index contributed by atoms with van der Waals surface area (Å²) in [5.74, 6) is -0.431. The Hall–Kier alpha value is -4.79. The van der Waals surface area contributed by atoms with Crippen molar-refractivity contribution >= 4 is 40.4 Å². The van der Waals surface area contributed by atoms with Gasteiger partial charge in [0, 0.05) is 42.5 Å². The average molecular weight is 480 g/mol. The summed E-state index contributed by atoms with van der Waals surface area (Å²) in [5, 5.41) is 15.4. The van der Waals surface area contributed by atoms with E-state index in [1.807, 2.05) is 55.9 Å². The minimum absolute atomic E-state index is 0.149. The monoisotopic (exact) mass is 479 g/mol. The van der Waals surface area contributed by atoms with Gasteiger partial charge in [-0.15, -0.1) is 0 Å². The minimum Gasteiger partial charge on any atom is -0.340 e. The molecular weight excluding hydrogens is 454 g/mol. The Balaban J connectivity index is 1.38. The fourth-order valence-corrected chi connectivity index (χ4v) is 4.07. The van der Waals surface area contributed by atoms with Crippen molar-refractivity contribution in [2.45, 2.75) is 13.8 Å². The molecule has 2 N–H and O–H groups in total. The van der Waals surface area contributed by atoms with E-state index in [0.29, 0.717) is 22.5 Å². The van der Waals surface area contributed by atoms with Crippen molar-refractivity contribution in [1.29, 1.82) is 0 Å². The molecule has 0 aliphatic heterocycles. The molecule has 9 nitrogen and oxygen atoms in total. The first kappa shape index (κ1) is 23.0. The number of amides is 1. The van der Waals surface area contributed by atoms with Gasteiger partial charge in [-0.25, -0.2) is 4.98 Å². The molecule has 3 heterocycles. The van der Waals surface area contributed by atoms with Crippen LogP contribution in [0.15, 0.2) is 55.0 Å². The summed E-state index contributed by atoms with van der Waals surface area (Å²) < 4.78 is 3.41. The van der Waals surface area contributed by atoms with E-state index < -0.39 is 0 Å². The standard InChI is InChI=1S/C27H25N7O2/c1-16-5-6-18(12-23(16)29-27(36)25-11-17(2)32-34(25)4)26(35)19-7-9-21-22(30-31-24(21)13-19)10-8-20-14-33(3)15-28-20/h5-15H,1-4H3,(H,29,36)(H,30,31). The summed E-state index contributed by atoms with van der Waals surface area (Å²) in [5.41, 5.74) is 5.99. The molecule has 0 fully saturated rings. The Morgan fingerprint density at radius 1 is 1.00 bits per heavy atom. The van der Waals surface area contributed by atoms with Crippen molar-refractivity contribution in [2.75, 3.05) is 5.32 Å². The van der Waals surface area contributed by atoms with Gasteiger partial charge in [-0.3, -0.25) is 19.4 Å². The number of hydrogen-bond donors (Lipinski definition) is 2. The molecule has 5 rings (SSSR count). The molecule has 0 aliphatic rings. The van der Waals surface area contributed by atoms with Crippen LogP contribution < -0.4 is 5.32 Å². The highest BCUT2D eigenvalue weighted by Crippen LogP contribution is 2.24. The van der Waals surface area contributed by atoms with Gasteiger partial charge in [-0.1, -0.05) is 18.2 Å². The lowest BCUT2D eigenvalue weighted by Gasteiger charge is -2.11. The molecule has 0 aliphatic carbocycles. The molecule has 5 aromatic rings. The number of nitrogens with one attached hydrogen (secondary N) is 2. The SMILES string of the molecule is Cc1cc(C(=O)Nc2cc(C(=O)c3ccc4c(C=Cc5cn(C)cn5)n[nH]c4c3)ccc2C)n(C)n1. The highest BCUT2D eigenvalue weighted by atomic mass is 16.2.